The van der Waals surface area contributed by atoms with Crippen LogP contribution in [0, 0.1) is 0 Å². The maximum atomic E-state index is 11.7. The lowest BCUT2D eigenvalue weighted by atomic mass is 10.2. The predicted octanol–water partition coefficient (Wildman–Crippen LogP) is 0.780. The van der Waals surface area contributed by atoms with Crippen LogP contribution in [0.4, 0.5) is 0 Å². The number of aromatic nitrogens is 4. The van der Waals surface area contributed by atoms with Gasteiger partial charge in [-0.15, -0.1) is 5.10 Å². The highest BCUT2D eigenvalue weighted by Crippen LogP contribution is 2.30. The number of tetrazole rings is 1. The van der Waals surface area contributed by atoms with Gasteiger partial charge in [0, 0.05) is 6.04 Å². The van der Waals surface area contributed by atoms with E-state index in [2.05, 4.69) is 20.4 Å². The monoisotopic (exact) mass is 267 g/mol. The van der Waals surface area contributed by atoms with E-state index < -0.39 is 0 Å². The van der Waals surface area contributed by atoms with Gasteiger partial charge in [0.2, 0.25) is 0 Å². The molecule has 0 unspecified atom stereocenters. The third-order valence-electron chi connectivity index (χ3n) is 3.43. The molecule has 1 aromatic rings. The van der Waals surface area contributed by atoms with Gasteiger partial charge in [-0.05, 0) is 44.0 Å². The number of rotatable bonds is 6. The lowest BCUT2D eigenvalue weighted by molar-refractivity contribution is -0.146. The zero-order valence-electron chi connectivity index (χ0n) is 11.9. The van der Waals surface area contributed by atoms with Crippen molar-refractivity contribution >= 4 is 5.97 Å². The largest absolute Gasteiger partial charge is 0.468 e. The highest BCUT2D eigenvalue weighted by molar-refractivity contribution is 5.75. The van der Waals surface area contributed by atoms with Crippen LogP contribution in [-0.2, 0) is 16.1 Å². The highest BCUT2D eigenvalue weighted by atomic mass is 16.5. The van der Waals surface area contributed by atoms with Gasteiger partial charge in [0.1, 0.15) is 6.04 Å². The van der Waals surface area contributed by atoms with Crippen molar-refractivity contribution in [1.82, 2.24) is 25.1 Å². The Morgan fingerprint density at radius 1 is 1.47 bits per heavy atom. The lowest BCUT2D eigenvalue weighted by Crippen LogP contribution is -2.41. The molecule has 0 radical (unpaired) electrons. The summed E-state index contributed by atoms with van der Waals surface area (Å²) in [5, 5.41) is 11.8. The van der Waals surface area contributed by atoms with E-state index in [1.165, 1.54) is 7.11 Å². The average Bonchev–Trinajstić information content (AvgIpc) is 3.12. The van der Waals surface area contributed by atoms with Gasteiger partial charge in [-0.2, -0.15) is 0 Å². The minimum Gasteiger partial charge on any atom is -0.468 e. The quantitative estimate of drug-likeness (QED) is 0.709. The summed E-state index contributed by atoms with van der Waals surface area (Å²) >= 11 is 0. The van der Waals surface area contributed by atoms with Gasteiger partial charge in [0.05, 0.1) is 19.7 Å². The number of esters is 1. The van der Waals surface area contributed by atoms with E-state index in [1.54, 1.807) is 4.68 Å². The van der Waals surface area contributed by atoms with Crippen molar-refractivity contribution in [3.8, 4) is 0 Å². The smallest absolute Gasteiger partial charge is 0.322 e. The number of methoxy groups -OCH3 is 1. The molecule has 0 bridgehead atoms. The molecule has 106 valence electrons. The first-order chi connectivity index (χ1) is 9.04. The Morgan fingerprint density at radius 3 is 2.68 bits per heavy atom. The number of carbonyl (C=O) groups excluding carboxylic acids is 1. The number of carbonyl (C=O) groups is 1. The minimum absolute atomic E-state index is 0.208. The fourth-order valence-corrected chi connectivity index (χ4v) is 2.18. The molecule has 0 N–H and O–H groups in total. The van der Waals surface area contributed by atoms with Crippen molar-refractivity contribution in [1.29, 1.82) is 0 Å². The van der Waals surface area contributed by atoms with Crippen LogP contribution in [0.5, 0.6) is 0 Å². The molecule has 0 aromatic carbocycles. The zero-order valence-corrected chi connectivity index (χ0v) is 11.9. The van der Waals surface area contributed by atoms with Crippen LogP contribution in [0.25, 0.3) is 0 Å². The van der Waals surface area contributed by atoms with E-state index in [0.717, 1.165) is 18.7 Å². The molecule has 1 saturated carbocycles. The average molecular weight is 267 g/mol. The van der Waals surface area contributed by atoms with Crippen LogP contribution in [0.2, 0.25) is 0 Å². The molecule has 1 atom stereocenters. The van der Waals surface area contributed by atoms with Crippen LogP contribution < -0.4 is 0 Å². The van der Waals surface area contributed by atoms with Crippen LogP contribution in [-0.4, -0.2) is 50.3 Å². The molecule has 2 rings (SSSR count). The first-order valence-electron chi connectivity index (χ1n) is 6.65. The second kappa shape index (κ2) is 5.64. The third-order valence-corrected chi connectivity index (χ3v) is 3.43. The van der Waals surface area contributed by atoms with Crippen molar-refractivity contribution in [3.63, 3.8) is 0 Å². The Kier molecular flexibility index (Phi) is 4.14. The molecule has 7 heteroatoms. The molecular weight excluding hydrogens is 246 g/mol. The lowest BCUT2D eigenvalue weighted by Gasteiger charge is -2.26. The topological polar surface area (TPSA) is 73.1 Å². The second-order valence-corrected chi connectivity index (χ2v) is 5.24. The van der Waals surface area contributed by atoms with Crippen LogP contribution >= 0.6 is 0 Å². The van der Waals surface area contributed by atoms with Crippen LogP contribution in [0.1, 0.15) is 45.5 Å². The molecule has 7 nitrogen and oxygen atoms in total. The summed E-state index contributed by atoms with van der Waals surface area (Å²) in [5.74, 6) is 0.577. The highest BCUT2D eigenvalue weighted by Gasteiger charge is 2.36. The fraction of sp³-hybridized carbons (Fsp3) is 0.833. The summed E-state index contributed by atoms with van der Waals surface area (Å²) in [6.45, 7) is 6.51. The van der Waals surface area contributed by atoms with Crippen LogP contribution in [0.15, 0.2) is 0 Å². The van der Waals surface area contributed by atoms with E-state index in [-0.39, 0.29) is 18.1 Å². The maximum Gasteiger partial charge on any atom is 0.322 e. The molecular formula is C12H21N5O2. The number of ether oxygens (including phenoxy) is 1. The Bertz CT molecular complexity index is 441. The molecule has 19 heavy (non-hydrogen) atoms. The van der Waals surface area contributed by atoms with Gasteiger partial charge in [0.25, 0.3) is 0 Å². The van der Waals surface area contributed by atoms with Crippen molar-refractivity contribution < 1.29 is 9.53 Å². The van der Waals surface area contributed by atoms with E-state index in [9.17, 15) is 4.79 Å². The minimum atomic E-state index is -0.269. The molecule has 1 heterocycles. The van der Waals surface area contributed by atoms with E-state index in [0.29, 0.717) is 12.6 Å². The SMILES string of the molecule is COC(=O)[C@@H](C)N(Cc1nnnn1C(C)C)C1CC1. The normalized spacial score (nSPS) is 16.9. The molecule has 0 aliphatic heterocycles. The van der Waals surface area contributed by atoms with E-state index in [4.69, 9.17) is 4.74 Å². The number of hydrogen-bond acceptors (Lipinski definition) is 6. The van der Waals surface area contributed by atoms with Crippen molar-refractivity contribution in [3.05, 3.63) is 5.82 Å². The van der Waals surface area contributed by atoms with Gasteiger partial charge in [-0.3, -0.25) is 9.69 Å². The van der Waals surface area contributed by atoms with Crippen molar-refractivity contribution in [2.45, 2.75) is 58.3 Å². The summed E-state index contributed by atoms with van der Waals surface area (Å²) in [7, 11) is 1.42. The molecule has 0 saturated heterocycles. The molecule has 1 aliphatic carbocycles. The molecule has 1 aliphatic rings. The first-order valence-corrected chi connectivity index (χ1v) is 6.65. The Hall–Kier alpha value is -1.50. The van der Waals surface area contributed by atoms with E-state index >= 15 is 0 Å². The van der Waals surface area contributed by atoms with Gasteiger partial charge in [-0.25, -0.2) is 4.68 Å². The second-order valence-electron chi connectivity index (χ2n) is 5.24. The molecule has 1 fully saturated rings. The number of nitrogens with zero attached hydrogens (tertiary/aromatic N) is 5. The first kappa shape index (κ1) is 13.9. The third kappa shape index (κ3) is 3.09. The van der Waals surface area contributed by atoms with Gasteiger partial charge in [-0.1, -0.05) is 0 Å². The standard InChI is InChI=1S/C12H21N5O2/c1-8(2)17-11(13-14-15-17)7-16(10-5-6-10)9(3)12(18)19-4/h8-10H,5-7H2,1-4H3/t9-/m1/s1. The Labute approximate surface area is 112 Å². The summed E-state index contributed by atoms with van der Waals surface area (Å²) in [4.78, 5) is 13.8. The van der Waals surface area contributed by atoms with Gasteiger partial charge in [0.15, 0.2) is 5.82 Å². The zero-order chi connectivity index (χ0) is 14.0. The van der Waals surface area contributed by atoms with Crippen LogP contribution in [0.3, 0.4) is 0 Å². The Balaban J connectivity index is 2.12. The number of hydrogen-bond donors (Lipinski definition) is 0. The van der Waals surface area contributed by atoms with Crippen molar-refractivity contribution in [2.75, 3.05) is 7.11 Å². The summed E-state index contributed by atoms with van der Waals surface area (Å²) < 4.78 is 6.62. The van der Waals surface area contributed by atoms with Gasteiger partial charge < -0.3 is 4.74 Å². The molecule has 0 amide bonds. The van der Waals surface area contributed by atoms with Crippen molar-refractivity contribution in [2.24, 2.45) is 0 Å². The van der Waals surface area contributed by atoms with Gasteiger partial charge >= 0.3 is 5.97 Å². The summed E-state index contributed by atoms with van der Waals surface area (Å²) in [6.07, 6.45) is 2.23. The molecule has 1 aromatic heterocycles. The maximum absolute atomic E-state index is 11.7. The Morgan fingerprint density at radius 2 is 2.16 bits per heavy atom. The van der Waals surface area contributed by atoms with E-state index in [1.807, 2.05) is 20.8 Å². The fourth-order valence-electron chi connectivity index (χ4n) is 2.18. The summed E-state index contributed by atoms with van der Waals surface area (Å²) in [5.41, 5.74) is 0. The molecule has 0 spiro atoms. The predicted molar refractivity (Wildman–Crippen MR) is 68.2 cm³/mol. The summed E-state index contributed by atoms with van der Waals surface area (Å²) in [6, 6.07) is 0.376.